The molecule has 0 radical (unpaired) electrons. The van der Waals surface area contributed by atoms with E-state index in [0.717, 1.165) is 0 Å². The van der Waals surface area contributed by atoms with Crippen LogP contribution in [0.1, 0.15) is 19.3 Å². The van der Waals surface area contributed by atoms with Gasteiger partial charge < -0.3 is 38.3 Å². The van der Waals surface area contributed by atoms with Crippen LogP contribution in [0.15, 0.2) is 4.99 Å². The van der Waals surface area contributed by atoms with Gasteiger partial charge in [-0.2, -0.15) is 11.8 Å². The fourth-order valence-corrected chi connectivity index (χ4v) is 2.56. The molecule has 0 heterocycles. The molecule has 3 amide bonds. The lowest BCUT2D eigenvalue weighted by atomic mass is 10.1. The molecule has 0 rings (SSSR count). The number of rotatable bonds is 14. The summed E-state index contributed by atoms with van der Waals surface area (Å²) in [6.45, 7) is -0.595. The zero-order valence-electron chi connectivity index (χ0n) is 15.8. The van der Waals surface area contributed by atoms with Crippen LogP contribution in [0.2, 0.25) is 0 Å². The van der Waals surface area contributed by atoms with Crippen LogP contribution < -0.4 is 33.2 Å². The second-order valence-corrected chi connectivity index (χ2v) is 6.71. The highest BCUT2D eigenvalue weighted by Crippen LogP contribution is 2.04. The van der Waals surface area contributed by atoms with Gasteiger partial charge in [0.15, 0.2) is 5.96 Å². The fraction of sp³-hybridized carbons (Fsp3) is 0.667. The van der Waals surface area contributed by atoms with Crippen molar-refractivity contribution in [1.82, 2.24) is 16.0 Å². The molecule has 28 heavy (non-hydrogen) atoms. The van der Waals surface area contributed by atoms with E-state index in [0.29, 0.717) is 18.6 Å². The second kappa shape index (κ2) is 14.5. The molecular weight excluding hydrogens is 390 g/mol. The highest BCUT2D eigenvalue weighted by atomic mass is 32.2. The zero-order chi connectivity index (χ0) is 21.5. The predicted octanol–water partition coefficient (Wildman–Crippen LogP) is -3.08. The summed E-state index contributed by atoms with van der Waals surface area (Å²) < 4.78 is 0. The van der Waals surface area contributed by atoms with E-state index < -0.39 is 42.3 Å². The lowest BCUT2D eigenvalue weighted by Crippen LogP contribution is -2.55. The summed E-state index contributed by atoms with van der Waals surface area (Å²) in [4.78, 5) is 50.8. The lowest BCUT2D eigenvalue weighted by Gasteiger charge is -2.22. The van der Waals surface area contributed by atoms with E-state index in [9.17, 15) is 19.2 Å². The number of carbonyl (C=O) groups excluding carboxylic acids is 3. The molecule has 12 nitrogen and oxygen atoms in total. The van der Waals surface area contributed by atoms with Crippen LogP contribution in [-0.4, -0.2) is 78.5 Å². The normalized spacial score (nSPS) is 12.4. The molecule has 0 aliphatic heterocycles. The quantitative estimate of drug-likeness (QED) is 0.0861. The molecule has 160 valence electrons. The van der Waals surface area contributed by atoms with Gasteiger partial charge in [0.05, 0.1) is 6.54 Å². The van der Waals surface area contributed by atoms with E-state index in [1.165, 1.54) is 11.8 Å². The highest BCUT2D eigenvalue weighted by molar-refractivity contribution is 7.98. The number of carboxylic acid groups (broad SMARTS) is 1. The Bertz CT molecular complexity index is 569. The van der Waals surface area contributed by atoms with Crippen molar-refractivity contribution in [2.24, 2.45) is 22.2 Å². The minimum absolute atomic E-state index is 0.0840. The van der Waals surface area contributed by atoms with Gasteiger partial charge in [-0.3, -0.25) is 24.2 Å². The summed E-state index contributed by atoms with van der Waals surface area (Å²) in [7, 11) is 0. The Morgan fingerprint density at radius 2 is 1.71 bits per heavy atom. The van der Waals surface area contributed by atoms with E-state index >= 15 is 0 Å². The second-order valence-electron chi connectivity index (χ2n) is 5.73. The molecule has 0 aliphatic carbocycles. The topological polar surface area (TPSA) is 215 Å². The van der Waals surface area contributed by atoms with Gasteiger partial charge in [0.1, 0.15) is 18.6 Å². The maximum atomic E-state index is 12.6. The van der Waals surface area contributed by atoms with Crippen LogP contribution in [0, 0.1) is 0 Å². The number of hydrogen-bond acceptors (Lipinski definition) is 7. The number of aliphatic carboxylic acids is 1. The number of guanidine groups is 1. The van der Waals surface area contributed by atoms with Gasteiger partial charge in [-0.1, -0.05) is 0 Å². The monoisotopic (exact) mass is 419 g/mol. The van der Waals surface area contributed by atoms with Gasteiger partial charge in [0.2, 0.25) is 17.7 Å². The number of nitrogens with one attached hydrogen (secondary N) is 3. The van der Waals surface area contributed by atoms with Gasteiger partial charge in [-0.15, -0.1) is 0 Å². The molecule has 0 aromatic carbocycles. The van der Waals surface area contributed by atoms with E-state index in [4.69, 9.17) is 22.3 Å². The Labute approximate surface area is 167 Å². The molecule has 0 saturated heterocycles. The van der Waals surface area contributed by atoms with Crippen LogP contribution >= 0.6 is 11.8 Å². The van der Waals surface area contributed by atoms with Crippen molar-refractivity contribution in [3.63, 3.8) is 0 Å². The average Bonchev–Trinajstić information content (AvgIpc) is 2.64. The number of thioether (sulfide) groups is 1. The smallest absolute Gasteiger partial charge is 0.322 e. The summed E-state index contributed by atoms with van der Waals surface area (Å²) in [5.41, 5.74) is 15.8. The van der Waals surface area contributed by atoms with Crippen molar-refractivity contribution >= 4 is 41.4 Å². The van der Waals surface area contributed by atoms with Crippen LogP contribution in [-0.2, 0) is 19.2 Å². The third-order valence-electron chi connectivity index (χ3n) is 3.44. The van der Waals surface area contributed by atoms with Crippen molar-refractivity contribution in [3.8, 4) is 0 Å². The van der Waals surface area contributed by atoms with E-state index in [-0.39, 0.29) is 25.5 Å². The van der Waals surface area contributed by atoms with E-state index in [2.05, 4.69) is 20.9 Å². The summed E-state index contributed by atoms with van der Waals surface area (Å²) >= 11 is 1.47. The maximum Gasteiger partial charge on any atom is 0.322 e. The Morgan fingerprint density at radius 1 is 1.07 bits per heavy atom. The third kappa shape index (κ3) is 12.0. The van der Waals surface area contributed by atoms with E-state index in [1.807, 2.05) is 6.26 Å². The third-order valence-corrected chi connectivity index (χ3v) is 4.08. The van der Waals surface area contributed by atoms with Crippen molar-refractivity contribution < 1.29 is 24.3 Å². The van der Waals surface area contributed by atoms with Gasteiger partial charge in [-0.25, -0.2) is 0 Å². The molecule has 0 aliphatic rings. The molecule has 2 unspecified atom stereocenters. The summed E-state index contributed by atoms with van der Waals surface area (Å²) in [6, 6.07) is -1.87. The number of aliphatic imine (C=N–C) groups is 1. The molecule has 0 bridgehead atoms. The number of hydrogen-bond donors (Lipinski definition) is 7. The Morgan fingerprint density at radius 3 is 2.25 bits per heavy atom. The first-order chi connectivity index (χ1) is 13.2. The molecule has 0 saturated carbocycles. The zero-order valence-corrected chi connectivity index (χ0v) is 16.6. The Kier molecular flexibility index (Phi) is 13.2. The van der Waals surface area contributed by atoms with Gasteiger partial charge in [0, 0.05) is 6.54 Å². The van der Waals surface area contributed by atoms with E-state index in [1.54, 1.807) is 0 Å². The number of carboxylic acids is 1. The lowest BCUT2D eigenvalue weighted by molar-refractivity contribution is -0.138. The summed E-state index contributed by atoms with van der Waals surface area (Å²) in [5.74, 6) is -2.44. The van der Waals surface area contributed by atoms with Crippen molar-refractivity contribution in [1.29, 1.82) is 0 Å². The Hall–Kier alpha value is -2.54. The molecule has 2 atom stereocenters. The molecular formula is C15H29N7O5S. The number of nitrogens with zero attached hydrogens (tertiary/aromatic N) is 1. The number of amides is 3. The van der Waals surface area contributed by atoms with Crippen molar-refractivity contribution in [2.45, 2.75) is 31.3 Å². The minimum Gasteiger partial charge on any atom is -0.480 e. The Balaban J connectivity index is 5.03. The molecule has 0 fully saturated rings. The van der Waals surface area contributed by atoms with Gasteiger partial charge >= 0.3 is 5.97 Å². The summed E-state index contributed by atoms with van der Waals surface area (Å²) in [6.07, 6.45) is 2.76. The van der Waals surface area contributed by atoms with Crippen molar-refractivity contribution in [3.05, 3.63) is 0 Å². The van der Waals surface area contributed by atoms with Crippen molar-refractivity contribution in [2.75, 3.05) is 31.6 Å². The molecule has 10 N–H and O–H groups in total. The van der Waals surface area contributed by atoms with Crippen LogP contribution in [0.3, 0.4) is 0 Å². The molecule has 0 aromatic heterocycles. The van der Waals surface area contributed by atoms with Crippen LogP contribution in [0.25, 0.3) is 0 Å². The van der Waals surface area contributed by atoms with Gasteiger partial charge in [-0.05, 0) is 31.3 Å². The maximum absolute atomic E-state index is 12.6. The standard InChI is InChI=1S/C15H29N7O5S/c1-28-6-4-10(13(26)20-8-12(24)25)22-14(27)9(21-11(23)7-16)3-2-5-19-15(17)18/h9-10H,2-8,16H2,1H3,(H,20,26)(H,21,23)(H,22,27)(H,24,25)(H4,17,18,19). The first-order valence-electron chi connectivity index (χ1n) is 8.54. The minimum atomic E-state index is -1.20. The molecule has 0 aromatic rings. The average molecular weight is 420 g/mol. The first-order valence-corrected chi connectivity index (χ1v) is 9.94. The number of nitrogens with two attached hydrogens (primary N) is 3. The SMILES string of the molecule is CSCCC(NC(=O)C(CCCN=C(N)N)NC(=O)CN)C(=O)NCC(=O)O. The van der Waals surface area contributed by atoms with Gasteiger partial charge in [0.25, 0.3) is 0 Å². The van der Waals surface area contributed by atoms with Crippen LogP contribution in [0.5, 0.6) is 0 Å². The number of carbonyl (C=O) groups is 4. The largest absolute Gasteiger partial charge is 0.480 e. The van der Waals surface area contributed by atoms with Crippen LogP contribution in [0.4, 0.5) is 0 Å². The molecule has 0 spiro atoms. The predicted molar refractivity (Wildman–Crippen MR) is 106 cm³/mol. The summed E-state index contributed by atoms with van der Waals surface area (Å²) in [5, 5.41) is 16.0. The fourth-order valence-electron chi connectivity index (χ4n) is 2.09. The highest BCUT2D eigenvalue weighted by Gasteiger charge is 2.26. The molecule has 13 heteroatoms. The first kappa shape index (κ1) is 25.5.